The molecule has 1 saturated carbocycles. The van der Waals surface area contributed by atoms with Crippen molar-refractivity contribution >= 4 is 47.4 Å². The summed E-state index contributed by atoms with van der Waals surface area (Å²) in [7, 11) is 1.84. The van der Waals surface area contributed by atoms with Crippen LogP contribution >= 0.6 is 35.3 Å². The van der Waals surface area contributed by atoms with Crippen molar-refractivity contribution in [3.05, 3.63) is 16.1 Å². The number of amides is 1. The number of piperidine rings is 1. The van der Waals surface area contributed by atoms with E-state index in [0.29, 0.717) is 5.92 Å². The van der Waals surface area contributed by atoms with Crippen LogP contribution in [-0.4, -0.2) is 71.7 Å². The van der Waals surface area contributed by atoms with Crippen molar-refractivity contribution in [2.45, 2.75) is 77.9 Å². The average molecular weight is 578 g/mol. The fourth-order valence-corrected chi connectivity index (χ4v) is 4.70. The van der Waals surface area contributed by atoms with Gasteiger partial charge in [-0.05, 0) is 58.8 Å². The van der Waals surface area contributed by atoms with Gasteiger partial charge in [0.25, 0.3) is 0 Å². The van der Waals surface area contributed by atoms with Crippen LogP contribution in [0.4, 0.5) is 4.79 Å². The fraction of sp³-hybridized carbons (Fsp3) is 0.783. The van der Waals surface area contributed by atoms with Crippen LogP contribution in [-0.2, 0) is 17.6 Å². The molecular formula is C23H40IN5O2S. The molecule has 9 heteroatoms. The third-order valence-electron chi connectivity index (χ3n) is 5.76. The first-order valence-electron chi connectivity index (χ1n) is 11.7. The summed E-state index contributed by atoms with van der Waals surface area (Å²) in [6, 6.07) is 0.243. The molecule has 0 atom stereocenters. The van der Waals surface area contributed by atoms with E-state index in [1.807, 2.05) is 32.7 Å². The van der Waals surface area contributed by atoms with Crippen LogP contribution in [0.3, 0.4) is 0 Å². The van der Waals surface area contributed by atoms with Crippen LogP contribution in [0.15, 0.2) is 10.4 Å². The molecule has 2 aliphatic rings. The number of nitrogens with zero attached hydrogens (tertiary/aromatic N) is 4. The Balaban J connectivity index is 0.00000363. The Labute approximate surface area is 214 Å². The number of likely N-dealkylation sites (tertiary alicyclic amines) is 1. The number of thiazole rings is 1. The number of carbonyl (C=O) groups is 1. The van der Waals surface area contributed by atoms with E-state index in [2.05, 4.69) is 32.5 Å². The predicted octanol–water partition coefficient (Wildman–Crippen LogP) is 4.55. The van der Waals surface area contributed by atoms with E-state index in [1.54, 1.807) is 11.3 Å². The van der Waals surface area contributed by atoms with E-state index in [-0.39, 0.29) is 36.1 Å². The van der Waals surface area contributed by atoms with Crippen LogP contribution in [0.2, 0.25) is 0 Å². The number of nitrogens with one attached hydrogen (secondary N) is 1. The van der Waals surface area contributed by atoms with Gasteiger partial charge >= 0.3 is 6.09 Å². The van der Waals surface area contributed by atoms with E-state index >= 15 is 0 Å². The number of hydrogen-bond donors (Lipinski definition) is 1. The van der Waals surface area contributed by atoms with Crippen molar-refractivity contribution in [3.8, 4) is 0 Å². The smallest absolute Gasteiger partial charge is 0.410 e. The molecule has 1 N–H and O–H groups in total. The third-order valence-corrected chi connectivity index (χ3v) is 6.80. The number of halogens is 1. The summed E-state index contributed by atoms with van der Waals surface area (Å²) in [5, 5.41) is 6.84. The average Bonchev–Trinajstić information content (AvgIpc) is 3.44. The van der Waals surface area contributed by atoms with Crippen molar-refractivity contribution in [1.29, 1.82) is 0 Å². The number of aliphatic imine (C=N–C) groups is 1. The molecule has 1 saturated heterocycles. The summed E-state index contributed by atoms with van der Waals surface area (Å²) in [6.45, 7) is 11.4. The second kappa shape index (κ2) is 12.4. The zero-order valence-corrected chi connectivity index (χ0v) is 23.4. The van der Waals surface area contributed by atoms with E-state index in [4.69, 9.17) is 4.74 Å². The molecule has 0 spiro atoms. The molecule has 1 aliphatic carbocycles. The zero-order valence-electron chi connectivity index (χ0n) is 20.2. The van der Waals surface area contributed by atoms with E-state index in [1.165, 1.54) is 17.8 Å². The number of rotatable bonds is 7. The van der Waals surface area contributed by atoms with Crippen LogP contribution in [0.1, 0.15) is 64.1 Å². The molecule has 182 valence electrons. The molecule has 1 amide bonds. The van der Waals surface area contributed by atoms with E-state index < -0.39 is 5.60 Å². The van der Waals surface area contributed by atoms with Crippen molar-refractivity contribution < 1.29 is 9.53 Å². The van der Waals surface area contributed by atoms with Gasteiger partial charge in [0, 0.05) is 51.1 Å². The normalized spacial score (nSPS) is 17.7. The summed E-state index contributed by atoms with van der Waals surface area (Å²) in [5.41, 5.74) is 0.692. The topological polar surface area (TPSA) is 70.1 Å². The van der Waals surface area contributed by atoms with Crippen molar-refractivity contribution in [3.63, 3.8) is 0 Å². The SMILES string of the molecule is CCc1nc(CCNC(=NC)N2CCC(N(CC3CC3)C(=O)OC(C)(C)C)CC2)cs1.I. The van der Waals surface area contributed by atoms with Crippen molar-refractivity contribution in [2.24, 2.45) is 10.9 Å². The molecule has 0 radical (unpaired) electrons. The maximum absolute atomic E-state index is 12.8. The van der Waals surface area contributed by atoms with Gasteiger partial charge in [0.1, 0.15) is 5.60 Å². The number of ether oxygens (including phenoxy) is 1. The Morgan fingerprint density at radius 2 is 2.00 bits per heavy atom. The number of guanidine groups is 1. The van der Waals surface area contributed by atoms with Gasteiger partial charge < -0.3 is 19.9 Å². The summed E-state index contributed by atoms with van der Waals surface area (Å²) < 4.78 is 5.71. The molecule has 2 fully saturated rings. The summed E-state index contributed by atoms with van der Waals surface area (Å²) >= 11 is 1.74. The zero-order chi connectivity index (χ0) is 22.4. The molecule has 32 heavy (non-hydrogen) atoms. The molecule has 2 heterocycles. The molecule has 0 bridgehead atoms. The Morgan fingerprint density at radius 1 is 1.31 bits per heavy atom. The Morgan fingerprint density at radius 3 is 2.53 bits per heavy atom. The third kappa shape index (κ3) is 8.35. The van der Waals surface area contributed by atoms with Crippen LogP contribution in [0.25, 0.3) is 0 Å². The molecule has 0 unspecified atom stereocenters. The monoisotopic (exact) mass is 577 g/mol. The Bertz CT molecular complexity index is 752. The number of aromatic nitrogens is 1. The highest BCUT2D eigenvalue weighted by atomic mass is 127. The molecule has 3 rings (SSSR count). The highest BCUT2D eigenvalue weighted by Gasteiger charge is 2.35. The Kier molecular flexibility index (Phi) is 10.5. The second-order valence-electron chi connectivity index (χ2n) is 9.60. The number of aryl methyl sites for hydroxylation is 1. The Hall–Kier alpha value is -1.10. The molecular weight excluding hydrogens is 537 g/mol. The molecule has 1 aromatic heterocycles. The van der Waals surface area contributed by atoms with Gasteiger partial charge in [-0.25, -0.2) is 9.78 Å². The van der Waals surface area contributed by atoms with Crippen LogP contribution < -0.4 is 5.32 Å². The number of carbonyl (C=O) groups excluding carboxylic acids is 1. The minimum absolute atomic E-state index is 0. The van der Waals surface area contributed by atoms with Gasteiger partial charge in [0.05, 0.1) is 10.7 Å². The minimum atomic E-state index is -0.458. The lowest BCUT2D eigenvalue weighted by atomic mass is 10.0. The van der Waals surface area contributed by atoms with Crippen molar-refractivity contribution in [2.75, 3.05) is 33.2 Å². The van der Waals surface area contributed by atoms with Gasteiger partial charge in [0.15, 0.2) is 5.96 Å². The molecule has 7 nitrogen and oxygen atoms in total. The van der Waals surface area contributed by atoms with Gasteiger partial charge in [-0.1, -0.05) is 6.92 Å². The first kappa shape index (κ1) is 27.1. The quantitative estimate of drug-likeness (QED) is 0.293. The number of hydrogen-bond acceptors (Lipinski definition) is 5. The summed E-state index contributed by atoms with van der Waals surface area (Å²) in [6.07, 6.45) is 6.09. The molecule has 1 aromatic rings. The molecule has 1 aliphatic heterocycles. The van der Waals surface area contributed by atoms with Crippen LogP contribution in [0.5, 0.6) is 0 Å². The van der Waals surface area contributed by atoms with Crippen LogP contribution in [0, 0.1) is 5.92 Å². The second-order valence-corrected chi connectivity index (χ2v) is 10.5. The van der Waals surface area contributed by atoms with E-state index in [0.717, 1.165) is 63.5 Å². The lowest BCUT2D eigenvalue weighted by Crippen LogP contribution is -2.52. The lowest BCUT2D eigenvalue weighted by Gasteiger charge is -2.40. The highest BCUT2D eigenvalue weighted by Crippen LogP contribution is 2.32. The first-order valence-corrected chi connectivity index (χ1v) is 12.6. The van der Waals surface area contributed by atoms with Gasteiger partial charge in [-0.15, -0.1) is 35.3 Å². The largest absolute Gasteiger partial charge is 0.444 e. The lowest BCUT2D eigenvalue weighted by molar-refractivity contribution is 0.00928. The van der Waals surface area contributed by atoms with Gasteiger partial charge in [-0.3, -0.25) is 4.99 Å². The minimum Gasteiger partial charge on any atom is -0.444 e. The molecule has 0 aromatic carbocycles. The fourth-order valence-electron chi connectivity index (χ4n) is 3.92. The standard InChI is InChI=1S/C23H39N5O2S.HI/c1-6-20-26-18(16-31-20)9-12-25-21(24-5)27-13-10-19(11-14-27)28(15-17-7-8-17)22(29)30-23(2,3)4;/h16-17,19H,6-15H2,1-5H3,(H,24,25);1H. The van der Waals surface area contributed by atoms with Gasteiger partial charge in [-0.2, -0.15) is 0 Å². The van der Waals surface area contributed by atoms with Gasteiger partial charge in [0.2, 0.25) is 0 Å². The maximum Gasteiger partial charge on any atom is 0.410 e. The summed E-state index contributed by atoms with van der Waals surface area (Å²) in [5.74, 6) is 1.59. The predicted molar refractivity (Wildman–Crippen MR) is 142 cm³/mol. The summed E-state index contributed by atoms with van der Waals surface area (Å²) in [4.78, 5) is 26.3. The first-order chi connectivity index (χ1) is 14.8. The highest BCUT2D eigenvalue weighted by molar-refractivity contribution is 14.0. The maximum atomic E-state index is 12.8. The van der Waals surface area contributed by atoms with Crippen molar-refractivity contribution in [1.82, 2.24) is 20.1 Å². The van der Waals surface area contributed by atoms with E-state index in [9.17, 15) is 4.79 Å².